The van der Waals surface area contributed by atoms with E-state index in [1.54, 1.807) is 0 Å². The van der Waals surface area contributed by atoms with Gasteiger partial charge in [0.1, 0.15) is 0 Å². The van der Waals surface area contributed by atoms with Gasteiger partial charge in [0.15, 0.2) is 34.9 Å². The lowest BCUT2D eigenvalue weighted by molar-refractivity contribution is 0.509. The van der Waals surface area contributed by atoms with Crippen molar-refractivity contribution in [1.82, 2.24) is 0 Å². The molecule has 0 aromatic heterocycles. The summed E-state index contributed by atoms with van der Waals surface area (Å²) in [7, 11) is 0. The average molecular weight is 781 g/mol. The Labute approximate surface area is 339 Å². The summed E-state index contributed by atoms with van der Waals surface area (Å²) in [6, 6.07) is 21.4. The fourth-order valence-corrected chi connectivity index (χ4v) is 8.44. The van der Waals surface area contributed by atoms with E-state index >= 15 is 17.6 Å². The van der Waals surface area contributed by atoms with Crippen LogP contribution in [-0.4, -0.2) is 0 Å². The molecule has 296 valence electrons. The van der Waals surface area contributed by atoms with Crippen molar-refractivity contribution in [2.75, 3.05) is 19.6 Å². The van der Waals surface area contributed by atoms with Crippen LogP contribution >= 0.6 is 0 Å². The summed E-state index contributed by atoms with van der Waals surface area (Å²) >= 11 is 0. The maximum Gasteiger partial charge on any atom is 0.166 e. The van der Waals surface area contributed by atoms with E-state index in [9.17, 15) is 0 Å². The summed E-state index contributed by atoms with van der Waals surface area (Å²) < 4.78 is 63.2. The average Bonchev–Trinajstić information content (AvgIpc) is 3.65. The molecule has 8 heteroatoms. The van der Waals surface area contributed by atoms with E-state index in [4.69, 9.17) is 0 Å². The van der Waals surface area contributed by atoms with E-state index in [0.29, 0.717) is 34.4 Å². The van der Waals surface area contributed by atoms with Gasteiger partial charge in [-0.25, -0.2) is 17.6 Å². The van der Waals surface area contributed by atoms with Crippen LogP contribution in [0, 0.1) is 106 Å². The van der Waals surface area contributed by atoms with Crippen molar-refractivity contribution < 1.29 is 17.6 Å². The fourth-order valence-electron chi connectivity index (χ4n) is 8.44. The number of rotatable bonds is 4. The SMILES string of the molecule is Cc1cc(N2C(=C3N(c4cc(C)c(C)c(C)c4)c4cc(F)c(F)cc4N3c3cc(C)c(C)c(C)c3)N(c3cc(C)c(C)c(C)c3)c3cc(F)c(F)cc32)cc(C)c1C. The predicted octanol–water partition coefficient (Wildman–Crippen LogP) is 14.4. The minimum Gasteiger partial charge on any atom is -0.291 e. The lowest BCUT2D eigenvalue weighted by atomic mass is 10.0. The van der Waals surface area contributed by atoms with Gasteiger partial charge < -0.3 is 0 Å². The maximum atomic E-state index is 15.8. The second-order valence-corrected chi connectivity index (χ2v) is 16.3. The second kappa shape index (κ2) is 13.8. The third-order valence-corrected chi connectivity index (χ3v) is 12.7. The standard InChI is InChI=1S/C50H48F4N4/c1-25-13-37(14-26(2)33(25)9)55-45-21-41(51)42(52)22-46(45)56(38-15-27(3)34(10)28(4)16-38)49(55)50-57(39-17-29(5)35(11)30(6)18-39)47-23-43(53)44(54)24-48(47)58(50)40-19-31(7)36(12)32(8)20-40/h13-24H,1-12H3. The summed E-state index contributed by atoms with van der Waals surface area (Å²) in [4.78, 5) is 7.88. The van der Waals surface area contributed by atoms with Crippen LogP contribution < -0.4 is 19.6 Å². The summed E-state index contributed by atoms with van der Waals surface area (Å²) in [5, 5.41) is 0. The van der Waals surface area contributed by atoms with Gasteiger partial charge in [-0.3, -0.25) is 19.6 Å². The molecule has 4 nitrogen and oxygen atoms in total. The van der Waals surface area contributed by atoms with Gasteiger partial charge in [-0.2, -0.15) is 0 Å². The quantitative estimate of drug-likeness (QED) is 0.165. The van der Waals surface area contributed by atoms with Crippen molar-refractivity contribution >= 4 is 45.5 Å². The van der Waals surface area contributed by atoms with Crippen molar-refractivity contribution in [3.8, 4) is 0 Å². The van der Waals surface area contributed by atoms with E-state index in [1.807, 2.05) is 75.0 Å². The molecule has 0 unspecified atom stereocenters. The van der Waals surface area contributed by atoms with Crippen LogP contribution in [0.15, 0.2) is 84.4 Å². The molecule has 0 atom stereocenters. The van der Waals surface area contributed by atoms with E-state index in [-0.39, 0.29) is 0 Å². The van der Waals surface area contributed by atoms with Gasteiger partial charge >= 0.3 is 0 Å². The first-order valence-electron chi connectivity index (χ1n) is 19.6. The molecule has 6 aromatic rings. The number of fused-ring (bicyclic) bond motifs is 2. The molecule has 0 aliphatic carbocycles. The van der Waals surface area contributed by atoms with Crippen LogP contribution in [0.25, 0.3) is 0 Å². The molecule has 0 bridgehead atoms. The highest BCUT2D eigenvalue weighted by Crippen LogP contribution is 2.58. The van der Waals surface area contributed by atoms with E-state index in [2.05, 4.69) is 76.2 Å². The van der Waals surface area contributed by atoms with Gasteiger partial charge in [-0.05, 0) is 198 Å². The number of hydrogen-bond donors (Lipinski definition) is 0. The van der Waals surface area contributed by atoms with Crippen LogP contribution in [0.3, 0.4) is 0 Å². The molecule has 0 amide bonds. The van der Waals surface area contributed by atoms with Gasteiger partial charge in [0.05, 0.1) is 22.7 Å². The highest BCUT2D eigenvalue weighted by Gasteiger charge is 2.46. The summed E-state index contributed by atoms with van der Waals surface area (Å²) in [6.07, 6.45) is 0. The van der Waals surface area contributed by atoms with E-state index < -0.39 is 23.3 Å². The zero-order chi connectivity index (χ0) is 41.8. The topological polar surface area (TPSA) is 13.0 Å². The number of hydrogen-bond acceptors (Lipinski definition) is 4. The van der Waals surface area contributed by atoms with Crippen molar-refractivity contribution in [3.05, 3.63) is 174 Å². The van der Waals surface area contributed by atoms with Crippen LogP contribution in [0.2, 0.25) is 0 Å². The highest BCUT2D eigenvalue weighted by atomic mass is 19.2. The number of aryl methyl sites for hydroxylation is 8. The van der Waals surface area contributed by atoms with Crippen LogP contribution in [-0.2, 0) is 0 Å². The predicted molar refractivity (Wildman–Crippen MR) is 231 cm³/mol. The zero-order valence-corrected chi connectivity index (χ0v) is 35.2. The Morgan fingerprint density at radius 1 is 0.259 bits per heavy atom. The molecule has 6 aromatic carbocycles. The third-order valence-electron chi connectivity index (χ3n) is 12.7. The molecule has 0 N–H and O–H groups in total. The Morgan fingerprint density at radius 3 is 0.569 bits per heavy atom. The number of anilines is 8. The molecule has 0 saturated carbocycles. The number of benzene rings is 6. The molecular weight excluding hydrogens is 733 g/mol. The lowest BCUT2D eigenvalue weighted by Gasteiger charge is -2.35. The Kier molecular flexibility index (Phi) is 9.26. The minimum absolute atomic E-state index is 0.417. The number of halogens is 4. The Morgan fingerprint density at radius 2 is 0.414 bits per heavy atom. The second-order valence-electron chi connectivity index (χ2n) is 16.3. The summed E-state index contributed by atoms with van der Waals surface area (Å²) in [5.74, 6) is -2.92. The molecule has 2 aliphatic rings. The van der Waals surface area contributed by atoms with E-state index in [0.717, 1.165) is 89.5 Å². The first kappa shape index (κ1) is 38.8. The molecule has 2 heterocycles. The summed E-state index contributed by atoms with van der Waals surface area (Å²) in [5.41, 5.74) is 17.2. The largest absolute Gasteiger partial charge is 0.291 e. The first-order valence-corrected chi connectivity index (χ1v) is 19.6. The molecule has 0 radical (unpaired) electrons. The molecule has 0 saturated heterocycles. The molecule has 2 aliphatic heterocycles. The Bertz CT molecular complexity index is 2320. The summed E-state index contributed by atoms with van der Waals surface area (Å²) in [6.45, 7) is 24.6. The fraction of sp³-hybridized carbons (Fsp3) is 0.240. The normalized spacial score (nSPS) is 13.7. The van der Waals surface area contributed by atoms with Gasteiger partial charge in [-0.15, -0.1) is 0 Å². The number of nitrogens with zero attached hydrogens (tertiary/aromatic N) is 4. The van der Waals surface area contributed by atoms with Crippen molar-refractivity contribution in [2.45, 2.75) is 83.1 Å². The van der Waals surface area contributed by atoms with Gasteiger partial charge in [0, 0.05) is 47.0 Å². The van der Waals surface area contributed by atoms with Crippen LogP contribution in [0.5, 0.6) is 0 Å². The minimum atomic E-state index is -0.992. The van der Waals surface area contributed by atoms with E-state index in [1.165, 1.54) is 24.3 Å². The molecule has 0 fully saturated rings. The Hall–Kier alpha value is -6.02. The third kappa shape index (κ3) is 5.95. The van der Waals surface area contributed by atoms with Crippen LogP contribution in [0.1, 0.15) is 66.8 Å². The zero-order valence-electron chi connectivity index (χ0n) is 35.2. The molecular formula is C50H48F4N4. The molecule has 58 heavy (non-hydrogen) atoms. The molecule has 0 spiro atoms. The lowest BCUT2D eigenvalue weighted by Crippen LogP contribution is -2.33. The van der Waals surface area contributed by atoms with Crippen molar-refractivity contribution in [1.29, 1.82) is 0 Å². The molecule has 8 rings (SSSR count). The van der Waals surface area contributed by atoms with Gasteiger partial charge in [0.25, 0.3) is 0 Å². The first-order chi connectivity index (χ1) is 27.4. The van der Waals surface area contributed by atoms with Crippen LogP contribution in [0.4, 0.5) is 63.1 Å². The monoisotopic (exact) mass is 780 g/mol. The highest BCUT2D eigenvalue weighted by molar-refractivity contribution is 6.00. The van der Waals surface area contributed by atoms with Crippen molar-refractivity contribution in [3.63, 3.8) is 0 Å². The smallest absolute Gasteiger partial charge is 0.166 e. The maximum absolute atomic E-state index is 15.8. The van der Waals surface area contributed by atoms with Crippen molar-refractivity contribution in [2.24, 2.45) is 0 Å². The van der Waals surface area contributed by atoms with Gasteiger partial charge in [0.2, 0.25) is 0 Å². The Balaban J connectivity index is 1.63. The van der Waals surface area contributed by atoms with Gasteiger partial charge in [-0.1, -0.05) is 0 Å².